The van der Waals surface area contributed by atoms with Crippen molar-refractivity contribution in [1.82, 2.24) is 4.98 Å². The molecule has 2 heterocycles. The summed E-state index contributed by atoms with van der Waals surface area (Å²) in [6, 6.07) is 8.52. The molecule has 0 aliphatic carbocycles. The zero-order valence-electron chi connectivity index (χ0n) is 9.86. The van der Waals surface area contributed by atoms with E-state index in [0.717, 1.165) is 17.7 Å². The second-order valence-corrected chi connectivity index (χ2v) is 4.36. The first kappa shape index (κ1) is 11.3. The number of nitrogens with one attached hydrogen (secondary N) is 1. The largest absolute Gasteiger partial charge is 0.488 e. The molecular formula is C14H14FNO2. The number of aromatic nitrogens is 1. The molecule has 1 saturated heterocycles. The fraction of sp³-hybridized carbons (Fsp3) is 0.286. The lowest BCUT2D eigenvalue weighted by Gasteiger charge is -2.12. The molecule has 3 rings (SSSR count). The van der Waals surface area contributed by atoms with Gasteiger partial charge in [-0.1, -0.05) is 0 Å². The van der Waals surface area contributed by atoms with Crippen LogP contribution in [-0.2, 0) is 4.74 Å². The number of benzene rings is 1. The van der Waals surface area contributed by atoms with Crippen LogP contribution in [-0.4, -0.2) is 24.3 Å². The average Bonchev–Trinajstić information content (AvgIpc) is 3.00. The third kappa shape index (κ3) is 2.38. The number of hydrogen-bond donors (Lipinski definition) is 1. The Balaban J connectivity index is 1.86. The standard InChI is InChI=1S/C14H14FNO2/c15-11-6-10(14-2-1-4-16-14)7-13(8-11)18-12-3-5-17-9-12/h1-2,4,6-8,12,16H,3,5,9H2/t12-/m1/s1. The molecule has 0 saturated carbocycles. The van der Waals surface area contributed by atoms with Crippen LogP contribution in [0.5, 0.6) is 5.75 Å². The minimum Gasteiger partial charge on any atom is -0.488 e. The molecular weight excluding hydrogens is 233 g/mol. The molecule has 1 aliphatic rings. The summed E-state index contributed by atoms with van der Waals surface area (Å²) >= 11 is 0. The molecule has 0 amide bonds. The van der Waals surface area contributed by atoms with Crippen molar-refractivity contribution in [2.45, 2.75) is 12.5 Å². The molecule has 18 heavy (non-hydrogen) atoms. The van der Waals surface area contributed by atoms with Gasteiger partial charge in [0.2, 0.25) is 0 Å². The van der Waals surface area contributed by atoms with Crippen LogP contribution in [0.25, 0.3) is 11.3 Å². The Kier molecular flexibility index (Phi) is 3.02. The van der Waals surface area contributed by atoms with E-state index in [4.69, 9.17) is 9.47 Å². The normalized spacial score (nSPS) is 19.1. The predicted octanol–water partition coefficient (Wildman–Crippen LogP) is 2.99. The molecule has 0 bridgehead atoms. The van der Waals surface area contributed by atoms with Gasteiger partial charge in [-0.15, -0.1) is 0 Å². The van der Waals surface area contributed by atoms with Gasteiger partial charge in [0.25, 0.3) is 0 Å². The Bertz CT molecular complexity index is 519. The van der Waals surface area contributed by atoms with E-state index in [0.29, 0.717) is 19.0 Å². The molecule has 1 fully saturated rings. The summed E-state index contributed by atoms with van der Waals surface area (Å²) < 4.78 is 24.5. The summed E-state index contributed by atoms with van der Waals surface area (Å²) in [5, 5.41) is 0. The van der Waals surface area contributed by atoms with Gasteiger partial charge in [0, 0.05) is 29.9 Å². The van der Waals surface area contributed by atoms with Crippen molar-refractivity contribution < 1.29 is 13.9 Å². The Morgan fingerprint density at radius 3 is 3.00 bits per heavy atom. The van der Waals surface area contributed by atoms with Gasteiger partial charge >= 0.3 is 0 Å². The quantitative estimate of drug-likeness (QED) is 0.904. The molecule has 1 aromatic heterocycles. The number of rotatable bonds is 3. The molecule has 1 N–H and O–H groups in total. The number of ether oxygens (including phenoxy) is 2. The Labute approximate surface area is 105 Å². The third-order valence-corrected chi connectivity index (χ3v) is 2.97. The minimum atomic E-state index is -0.295. The van der Waals surface area contributed by atoms with E-state index in [1.54, 1.807) is 0 Å². The van der Waals surface area contributed by atoms with E-state index >= 15 is 0 Å². The molecule has 0 unspecified atom stereocenters. The molecule has 1 atom stereocenters. The van der Waals surface area contributed by atoms with E-state index in [2.05, 4.69) is 4.98 Å². The monoisotopic (exact) mass is 247 g/mol. The summed E-state index contributed by atoms with van der Waals surface area (Å²) in [6.07, 6.45) is 2.70. The zero-order chi connectivity index (χ0) is 12.4. The van der Waals surface area contributed by atoms with Crippen LogP contribution in [0.4, 0.5) is 4.39 Å². The van der Waals surface area contributed by atoms with Crippen LogP contribution in [0.2, 0.25) is 0 Å². The average molecular weight is 247 g/mol. The minimum absolute atomic E-state index is 0.0308. The lowest BCUT2D eigenvalue weighted by molar-refractivity contribution is 0.141. The van der Waals surface area contributed by atoms with Crippen molar-refractivity contribution in [3.05, 3.63) is 42.3 Å². The first-order chi connectivity index (χ1) is 8.81. The topological polar surface area (TPSA) is 34.2 Å². The van der Waals surface area contributed by atoms with Crippen LogP contribution in [0.3, 0.4) is 0 Å². The van der Waals surface area contributed by atoms with Crippen LogP contribution in [0.15, 0.2) is 36.5 Å². The van der Waals surface area contributed by atoms with Gasteiger partial charge in [0.1, 0.15) is 17.7 Å². The van der Waals surface area contributed by atoms with Gasteiger partial charge < -0.3 is 14.5 Å². The SMILES string of the molecule is Fc1cc(O[C@@H]2CCOC2)cc(-c2ccc[nH]2)c1. The van der Waals surface area contributed by atoms with Crippen molar-refractivity contribution >= 4 is 0 Å². The van der Waals surface area contributed by atoms with E-state index in [1.807, 2.05) is 24.4 Å². The fourth-order valence-electron chi connectivity index (χ4n) is 2.09. The van der Waals surface area contributed by atoms with E-state index in [1.165, 1.54) is 12.1 Å². The van der Waals surface area contributed by atoms with E-state index in [-0.39, 0.29) is 11.9 Å². The summed E-state index contributed by atoms with van der Waals surface area (Å²) in [6.45, 7) is 1.29. The van der Waals surface area contributed by atoms with Crippen molar-refractivity contribution in [2.24, 2.45) is 0 Å². The third-order valence-electron chi connectivity index (χ3n) is 2.97. The van der Waals surface area contributed by atoms with Crippen molar-refractivity contribution in [2.75, 3.05) is 13.2 Å². The van der Waals surface area contributed by atoms with Crippen LogP contribution in [0.1, 0.15) is 6.42 Å². The zero-order valence-corrected chi connectivity index (χ0v) is 9.86. The van der Waals surface area contributed by atoms with Gasteiger partial charge in [-0.2, -0.15) is 0 Å². The van der Waals surface area contributed by atoms with Gasteiger partial charge in [0.15, 0.2) is 0 Å². The van der Waals surface area contributed by atoms with Crippen LogP contribution < -0.4 is 4.74 Å². The molecule has 2 aromatic rings. The lowest BCUT2D eigenvalue weighted by Crippen LogP contribution is -2.15. The molecule has 4 heteroatoms. The number of halogens is 1. The van der Waals surface area contributed by atoms with Crippen molar-refractivity contribution in [3.8, 4) is 17.0 Å². The molecule has 0 spiro atoms. The van der Waals surface area contributed by atoms with Crippen LogP contribution in [0, 0.1) is 5.82 Å². The summed E-state index contributed by atoms with van der Waals surface area (Å²) in [7, 11) is 0. The maximum absolute atomic E-state index is 13.6. The second kappa shape index (κ2) is 4.82. The summed E-state index contributed by atoms with van der Waals surface area (Å²) in [5.41, 5.74) is 1.66. The van der Waals surface area contributed by atoms with Crippen LogP contribution >= 0.6 is 0 Å². The molecule has 0 radical (unpaired) electrons. The smallest absolute Gasteiger partial charge is 0.127 e. The fourth-order valence-corrected chi connectivity index (χ4v) is 2.09. The lowest BCUT2D eigenvalue weighted by atomic mass is 10.1. The first-order valence-electron chi connectivity index (χ1n) is 6.00. The highest BCUT2D eigenvalue weighted by atomic mass is 19.1. The van der Waals surface area contributed by atoms with Gasteiger partial charge in [-0.25, -0.2) is 4.39 Å². The van der Waals surface area contributed by atoms with E-state index in [9.17, 15) is 4.39 Å². The highest BCUT2D eigenvalue weighted by molar-refractivity contribution is 5.61. The number of hydrogen-bond acceptors (Lipinski definition) is 2. The molecule has 3 nitrogen and oxygen atoms in total. The molecule has 1 aromatic carbocycles. The first-order valence-corrected chi connectivity index (χ1v) is 6.00. The van der Waals surface area contributed by atoms with Gasteiger partial charge in [0.05, 0.1) is 13.2 Å². The van der Waals surface area contributed by atoms with E-state index < -0.39 is 0 Å². The van der Waals surface area contributed by atoms with Gasteiger partial charge in [-0.3, -0.25) is 0 Å². The highest BCUT2D eigenvalue weighted by Gasteiger charge is 2.17. The second-order valence-electron chi connectivity index (χ2n) is 4.36. The molecule has 1 aliphatic heterocycles. The van der Waals surface area contributed by atoms with Crippen molar-refractivity contribution in [3.63, 3.8) is 0 Å². The number of H-pyrrole nitrogens is 1. The Hall–Kier alpha value is -1.81. The summed E-state index contributed by atoms with van der Waals surface area (Å²) in [4.78, 5) is 3.05. The van der Waals surface area contributed by atoms with Gasteiger partial charge in [-0.05, 0) is 24.3 Å². The number of aromatic amines is 1. The highest BCUT2D eigenvalue weighted by Crippen LogP contribution is 2.26. The Morgan fingerprint density at radius 1 is 1.33 bits per heavy atom. The maximum Gasteiger partial charge on any atom is 0.127 e. The predicted molar refractivity (Wildman–Crippen MR) is 66.0 cm³/mol. The van der Waals surface area contributed by atoms with Crippen molar-refractivity contribution in [1.29, 1.82) is 0 Å². The Morgan fingerprint density at radius 2 is 2.28 bits per heavy atom. The maximum atomic E-state index is 13.6. The summed E-state index contributed by atoms with van der Waals surface area (Å²) in [5.74, 6) is 0.256. The molecule has 94 valence electrons.